The molecule has 8 nitrogen and oxygen atoms in total. The van der Waals surface area contributed by atoms with Gasteiger partial charge in [-0.2, -0.15) is 0 Å². The smallest absolute Gasteiger partial charge is 0.271 e. The molecule has 4 rings (SSSR count). The van der Waals surface area contributed by atoms with Crippen LogP contribution < -0.4 is 5.32 Å². The monoisotopic (exact) mass is 389 g/mol. The second-order valence-corrected chi connectivity index (χ2v) is 8.55. The summed E-state index contributed by atoms with van der Waals surface area (Å²) in [4.78, 5) is 33.0. The molecule has 1 aromatic rings. The lowest BCUT2D eigenvalue weighted by atomic mass is 9.95. The molecule has 1 aliphatic carbocycles. The number of imidazole rings is 1. The van der Waals surface area contributed by atoms with Gasteiger partial charge < -0.3 is 24.4 Å². The maximum atomic E-state index is 12.3. The highest BCUT2D eigenvalue weighted by molar-refractivity contribution is 5.92. The van der Waals surface area contributed by atoms with Crippen LogP contribution in [0.3, 0.4) is 0 Å². The van der Waals surface area contributed by atoms with Crippen molar-refractivity contribution in [2.45, 2.75) is 31.8 Å². The van der Waals surface area contributed by atoms with Gasteiger partial charge in [-0.3, -0.25) is 9.59 Å². The van der Waals surface area contributed by atoms with Gasteiger partial charge in [-0.15, -0.1) is 0 Å². The number of nitrogens with zero attached hydrogens (tertiary/aromatic N) is 4. The van der Waals surface area contributed by atoms with Crippen molar-refractivity contribution in [3.8, 4) is 0 Å². The number of nitrogens with one attached hydrogen (secondary N) is 1. The van der Waals surface area contributed by atoms with Crippen LogP contribution in [0.5, 0.6) is 0 Å². The molecule has 1 N–H and O–H groups in total. The number of likely N-dealkylation sites (tertiary alicyclic amines) is 1. The molecular weight excluding hydrogens is 358 g/mol. The molecule has 0 aromatic carbocycles. The van der Waals surface area contributed by atoms with Crippen molar-refractivity contribution in [3.63, 3.8) is 0 Å². The van der Waals surface area contributed by atoms with E-state index in [2.05, 4.69) is 15.2 Å². The van der Waals surface area contributed by atoms with Gasteiger partial charge >= 0.3 is 0 Å². The first kappa shape index (κ1) is 19.4. The Morgan fingerprint density at radius 1 is 1.21 bits per heavy atom. The molecule has 3 fully saturated rings. The molecule has 0 spiro atoms. The molecule has 2 saturated heterocycles. The minimum absolute atomic E-state index is 0.0627. The normalized spacial score (nSPS) is 24.5. The number of morpholine rings is 1. The number of aromatic nitrogens is 2. The molecule has 1 saturated carbocycles. The molecule has 28 heavy (non-hydrogen) atoms. The standard InChI is InChI=1S/C20H31N5O3/c1-23-12-18(22-14-23)20(27)21-8-17-11-25(19(26)13-28-17)10-16-4-6-24(7-5-16)9-15-2-3-15/h12,14-17H,2-11,13H2,1H3,(H,21,27)/t17-/m0/s1. The molecule has 3 heterocycles. The van der Waals surface area contributed by atoms with Crippen LogP contribution in [-0.2, 0) is 16.6 Å². The molecule has 0 radical (unpaired) electrons. The van der Waals surface area contributed by atoms with Crippen molar-refractivity contribution in [2.24, 2.45) is 18.9 Å². The van der Waals surface area contributed by atoms with Gasteiger partial charge in [0, 0.05) is 39.4 Å². The molecule has 2 aliphatic heterocycles. The zero-order valence-electron chi connectivity index (χ0n) is 16.7. The molecule has 2 amide bonds. The summed E-state index contributed by atoms with van der Waals surface area (Å²) in [5.74, 6) is 1.36. The summed E-state index contributed by atoms with van der Waals surface area (Å²) in [6, 6.07) is 0. The molecule has 1 atom stereocenters. The summed E-state index contributed by atoms with van der Waals surface area (Å²) < 4.78 is 7.37. The first-order valence-corrected chi connectivity index (χ1v) is 10.4. The fourth-order valence-corrected chi connectivity index (χ4v) is 4.14. The van der Waals surface area contributed by atoms with Crippen LogP contribution in [0.25, 0.3) is 0 Å². The quantitative estimate of drug-likeness (QED) is 0.735. The molecule has 8 heteroatoms. The van der Waals surface area contributed by atoms with Gasteiger partial charge in [0.15, 0.2) is 0 Å². The van der Waals surface area contributed by atoms with E-state index in [-0.39, 0.29) is 24.5 Å². The molecule has 154 valence electrons. The number of rotatable bonds is 7. The fraction of sp³-hybridized carbons (Fsp3) is 0.750. The number of hydrogen-bond acceptors (Lipinski definition) is 5. The van der Waals surface area contributed by atoms with Gasteiger partial charge in [0.1, 0.15) is 12.3 Å². The Hall–Kier alpha value is -1.93. The lowest BCUT2D eigenvalue weighted by Gasteiger charge is -2.38. The molecular formula is C20H31N5O3. The Kier molecular flexibility index (Phi) is 5.96. The molecule has 0 bridgehead atoms. The predicted octanol–water partition coefficient (Wildman–Crippen LogP) is 0.499. The highest BCUT2D eigenvalue weighted by Gasteiger charge is 2.31. The van der Waals surface area contributed by atoms with Crippen LogP contribution in [0.2, 0.25) is 0 Å². The first-order chi connectivity index (χ1) is 13.6. The van der Waals surface area contributed by atoms with Crippen LogP contribution in [0.4, 0.5) is 0 Å². The third-order valence-corrected chi connectivity index (χ3v) is 6.05. The second-order valence-electron chi connectivity index (χ2n) is 8.55. The number of carbonyl (C=O) groups is 2. The summed E-state index contributed by atoms with van der Waals surface area (Å²) in [7, 11) is 1.83. The lowest BCUT2D eigenvalue weighted by Crippen LogP contribution is -2.52. The van der Waals surface area contributed by atoms with Gasteiger partial charge in [0.05, 0.1) is 12.4 Å². The Balaban J connectivity index is 1.21. The SMILES string of the molecule is Cn1cnc(C(=O)NC[C@H]2CN(CC3CCN(CC4CC4)CC3)C(=O)CO2)c1. The van der Waals surface area contributed by atoms with Crippen LogP contribution in [0.1, 0.15) is 36.2 Å². The van der Waals surface area contributed by atoms with Gasteiger partial charge in [-0.1, -0.05) is 0 Å². The molecule has 1 aromatic heterocycles. The third-order valence-electron chi connectivity index (χ3n) is 6.05. The number of piperidine rings is 1. The zero-order chi connectivity index (χ0) is 19.5. The summed E-state index contributed by atoms with van der Waals surface area (Å²) in [6.07, 6.45) is 8.25. The number of carbonyl (C=O) groups excluding carboxylic acids is 2. The second kappa shape index (κ2) is 8.61. The lowest BCUT2D eigenvalue weighted by molar-refractivity contribution is -0.149. The summed E-state index contributed by atoms with van der Waals surface area (Å²) in [6.45, 7) is 5.42. The van der Waals surface area contributed by atoms with E-state index in [1.54, 1.807) is 17.1 Å². The zero-order valence-corrected chi connectivity index (χ0v) is 16.7. The van der Waals surface area contributed by atoms with E-state index in [9.17, 15) is 9.59 Å². The minimum atomic E-state index is -0.212. The Labute approximate surface area is 166 Å². The Bertz CT molecular complexity index is 694. The van der Waals surface area contributed by atoms with E-state index < -0.39 is 0 Å². The number of hydrogen-bond donors (Lipinski definition) is 1. The van der Waals surface area contributed by atoms with Crippen LogP contribution >= 0.6 is 0 Å². The first-order valence-electron chi connectivity index (χ1n) is 10.4. The number of amides is 2. The summed E-state index contributed by atoms with van der Waals surface area (Å²) in [5, 5.41) is 2.87. The van der Waals surface area contributed by atoms with E-state index in [0.717, 1.165) is 25.6 Å². The van der Waals surface area contributed by atoms with E-state index >= 15 is 0 Å². The highest BCUT2D eigenvalue weighted by atomic mass is 16.5. The third kappa shape index (κ3) is 5.11. The average molecular weight is 390 g/mol. The van der Waals surface area contributed by atoms with E-state index in [4.69, 9.17) is 4.74 Å². The number of ether oxygens (including phenoxy) is 1. The average Bonchev–Trinajstić information content (AvgIpc) is 3.40. The highest BCUT2D eigenvalue weighted by Crippen LogP contribution is 2.31. The minimum Gasteiger partial charge on any atom is -0.365 e. The van der Waals surface area contributed by atoms with Crippen molar-refractivity contribution in [3.05, 3.63) is 18.2 Å². The van der Waals surface area contributed by atoms with Crippen LogP contribution in [-0.4, -0.2) is 83.1 Å². The maximum absolute atomic E-state index is 12.3. The van der Waals surface area contributed by atoms with Crippen molar-refractivity contribution < 1.29 is 14.3 Å². The van der Waals surface area contributed by atoms with Crippen molar-refractivity contribution in [1.29, 1.82) is 0 Å². The topological polar surface area (TPSA) is 79.7 Å². The van der Waals surface area contributed by atoms with Crippen molar-refractivity contribution in [2.75, 3.05) is 45.9 Å². The van der Waals surface area contributed by atoms with Gasteiger partial charge in [0.25, 0.3) is 5.91 Å². The van der Waals surface area contributed by atoms with Crippen LogP contribution in [0, 0.1) is 11.8 Å². The molecule has 0 unspecified atom stereocenters. The van der Waals surface area contributed by atoms with E-state index in [1.807, 2.05) is 11.9 Å². The van der Waals surface area contributed by atoms with E-state index in [0.29, 0.717) is 24.7 Å². The summed E-state index contributed by atoms with van der Waals surface area (Å²) >= 11 is 0. The predicted molar refractivity (Wildman–Crippen MR) is 104 cm³/mol. The summed E-state index contributed by atoms with van der Waals surface area (Å²) in [5.41, 5.74) is 0.393. The Morgan fingerprint density at radius 3 is 2.64 bits per heavy atom. The largest absolute Gasteiger partial charge is 0.365 e. The number of aryl methyl sites for hydroxylation is 1. The fourth-order valence-electron chi connectivity index (χ4n) is 4.14. The van der Waals surface area contributed by atoms with Gasteiger partial charge in [-0.25, -0.2) is 4.98 Å². The maximum Gasteiger partial charge on any atom is 0.271 e. The molecule has 3 aliphatic rings. The van der Waals surface area contributed by atoms with E-state index in [1.165, 1.54) is 32.2 Å². The van der Waals surface area contributed by atoms with Gasteiger partial charge in [0.2, 0.25) is 5.91 Å². The van der Waals surface area contributed by atoms with Crippen LogP contribution in [0.15, 0.2) is 12.5 Å². The van der Waals surface area contributed by atoms with Crippen molar-refractivity contribution in [1.82, 2.24) is 24.7 Å². The van der Waals surface area contributed by atoms with Crippen molar-refractivity contribution >= 4 is 11.8 Å². The van der Waals surface area contributed by atoms with Gasteiger partial charge in [-0.05, 0) is 50.6 Å². The Morgan fingerprint density at radius 2 is 1.96 bits per heavy atom.